The Morgan fingerprint density at radius 2 is 1.89 bits per heavy atom. The van der Waals surface area contributed by atoms with Gasteiger partial charge in [-0.3, -0.25) is 4.79 Å². The first kappa shape index (κ1) is 18.7. The van der Waals surface area contributed by atoms with E-state index in [2.05, 4.69) is 11.0 Å². The van der Waals surface area contributed by atoms with E-state index in [9.17, 15) is 9.90 Å². The maximum atomic E-state index is 13.2. The van der Waals surface area contributed by atoms with Gasteiger partial charge in [0.05, 0.1) is 24.4 Å². The van der Waals surface area contributed by atoms with E-state index in [-0.39, 0.29) is 23.5 Å². The number of piperidine rings is 1. The van der Waals surface area contributed by atoms with E-state index in [1.807, 2.05) is 23.1 Å². The van der Waals surface area contributed by atoms with Gasteiger partial charge in [0, 0.05) is 50.2 Å². The van der Waals surface area contributed by atoms with Gasteiger partial charge in [0.15, 0.2) is 0 Å². The third kappa shape index (κ3) is 3.35. The Balaban J connectivity index is 1.44. The minimum absolute atomic E-state index is 0.0742. The van der Waals surface area contributed by atoms with Crippen molar-refractivity contribution in [1.29, 1.82) is 0 Å². The molecule has 6 heteroatoms. The first-order valence-electron chi connectivity index (χ1n) is 10.3. The number of carbonyl (C=O) groups is 1. The van der Waals surface area contributed by atoms with Crippen molar-refractivity contribution in [3.05, 3.63) is 29.8 Å². The second-order valence-corrected chi connectivity index (χ2v) is 8.14. The summed E-state index contributed by atoms with van der Waals surface area (Å²) in [6.45, 7) is 4.44. The molecule has 1 amide bonds. The van der Waals surface area contributed by atoms with Crippen LogP contribution >= 0.6 is 0 Å². The molecule has 3 aliphatic rings. The van der Waals surface area contributed by atoms with Gasteiger partial charge >= 0.3 is 0 Å². The molecule has 6 nitrogen and oxygen atoms in total. The van der Waals surface area contributed by atoms with Crippen LogP contribution in [0.3, 0.4) is 0 Å². The highest BCUT2D eigenvalue weighted by Gasteiger charge is 2.56. The van der Waals surface area contributed by atoms with Crippen molar-refractivity contribution in [3.63, 3.8) is 0 Å². The Bertz CT molecular complexity index is 666. The van der Waals surface area contributed by atoms with Crippen molar-refractivity contribution in [1.82, 2.24) is 4.90 Å². The monoisotopic (exact) mass is 373 g/mol. The van der Waals surface area contributed by atoms with E-state index < -0.39 is 0 Å². The number of hydrogen-bond acceptors (Lipinski definition) is 5. The number of carbonyl (C=O) groups excluding carboxylic acids is 1. The summed E-state index contributed by atoms with van der Waals surface area (Å²) in [6, 6.07) is 7.98. The summed E-state index contributed by atoms with van der Waals surface area (Å²) in [6.07, 6.45) is 4.40. The fraction of sp³-hybridized carbons (Fsp3) is 0.667. The molecule has 2 saturated heterocycles. The van der Waals surface area contributed by atoms with Gasteiger partial charge in [-0.05, 0) is 37.8 Å². The van der Waals surface area contributed by atoms with E-state index in [1.54, 1.807) is 0 Å². The summed E-state index contributed by atoms with van der Waals surface area (Å²) >= 11 is 0. The van der Waals surface area contributed by atoms with Crippen LogP contribution in [0.2, 0.25) is 0 Å². The molecule has 2 aliphatic heterocycles. The van der Waals surface area contributed by atoms with E-state index in [0.29, 0.717) is 32.7 Å². The van der Waals surface area contributed by atoms with Gasteiger partial charge in [0.1, 0.15) is 0 Å². The van der Waals surface area contributed by atoms with E-state index in [0.717, 1.165) is 37.2 Å². The summed E-state index contributed by atoms with van der Waals surface area (Å²) in [7, 11) is 0. The lowest BCUT2D eigenvalue weighted by atomic mass is 9.58. The number of amides is 1. The molecule has 1 saturated carbocycles. The Kier molecular flexibility index (Phi) is 5.39. The van der Waals surface area contributed by atoms with Crippen LogP contribution in [-0.2, 0) is 4.74 Å². The average molecular weight is 373 g/mol. The molecule has 148 valence electrons. The third-order valence-corrected chi connectivity index (χ3v) is 6.74. The zero-order chi connectivity index (χ0) is 18.9. The SMILES string of the molecule is NCCOC1CC(O)C12CCN(C(=O)c1ccccc1N1CCCC1)CC2. The van der Waals surface area contributed by atoms with E-state index >= 15 is 0 Å². The molecule has 1 aliphatic carbocycles. The lowest BCUT2D eigenvalue weighted by Gasteiger charge is -2.56. The lowest BCUT2D eigenvalue weighted by Crippen LogP contribution is -2.63. The fourth-order valence-electron chi connectivity index (χ4n) is 5.01. The third-order valence-electron chi connectivity index (χ3n) is 6.74. The summed E-state index contributed by atoms with van der Waals surface area (Å²) in [5.41, 5.74) is 7.23. The van der Waals surface area contributed by atoms with Gasteiger partial charge in [-0.2, -0.15) is 0 Å². The maximum Gasteiger partial charge on any atom is 0.255 e. The first-order chi connectivity index (χ1) is 13.2. The molecule has 0 bridgehead atoms. The number of para-hydroxylation sites is 1. The highest BCUT2D eigenvalue weighted by Crippen LogP contribution is 2.51. The summed E-state index contributed by atoms with van der Waals surface area (Å²) < 4.78 is 5.86. The topological polar surface area (TPSA) is 79.0 Å². The van der Waals surface area contributed by atoms with Crippen LogP contribution in [0.5, 0.6) is 0 Å². The molecule has 2 atom stereocenters. The van der Waals surface area contributed by atoms with Gasteiger partial charge in [0.25, 0.3) is 5.91 Å². The smallest absolute Gasteiger partial charge is 0.255 e. The molecule has 1 spiro atoms. The molecule has 0 aromatic heterocycles. The maximum absolute atomic E-state index is 13.2. The van der Waals surface area contributed by atoms with Crippen LogP contribution in [0.4, 0.5) is 5.69 Å². The van der Waals surface area contributed by atoms with Crippen LogP contribution in [0.25, 0.3) is 0 Å². The largest absolute Gasteiger partial charge is 0.392 e. The normalized spacial score (nSPS) is 27.0. The number of aliphatic hydroxyl groups excluding tert-OH is 1. The lowest BCUT2D eigenvalue weighted by molar-refractivity contribution is -0.207. The zero-order valence-electron chi connectivity index (χ0n) is 16.0. The Labute approximate surface area is 161 Å². The van der Waals surface area contributed by atoms with Gasteiger partial charge in [0.2, 0.25) is 0 Å². The Morgan fingerprint density at radius 3 is 2.56 bits per heavy atom. The summed E-state index contributed by atoms with van der Waals surface area (Å²) in [5, 5.41) is 10.4. The number of benzene rings is 1. The minimum Gasteiger partial charge on any atom is -0.392 e. The number of likely N-dealkylation sites (tertiary alicyclic amines) is 1. The molecule has 1 aromatic rings. The summed E-state index contributed by atoms with van der Waals surface area (Å²) in [5.74, 6) is 0.112. The molecule has 27 heavy (non-hydrogen) atoms. The van der Waals surface area contributed by atoms with Gasteiger partial charge < -0.3 is 25.4 Å². The fourth-order valence-corrected chi connectivity index (χ4v) is 5.01. The minimum atomic E-state index is -0.325. The Hall–Kier alpha value is -1.63. The van der Waals surface area contributed by atoms with Crippen molar-refractivity contribution in [2.45, 2.75) is 44.3 Å². The molecule has 4 rings (SSSR count). The first-order valence-corrected chi connectivity index (χ1v) is 10.3. The second kappa shape index (κ2) is 7.78. The van der Waals surface area contributed by atoms with Crippen molar-refractivity contribution in [3.8, 4) is 0 Å². The van der Waals surface area contributed by atoms with Gasteiger partial charge in [-0.25, -0.2) is 0 Å². The zero-order valence-corrected chi connectivity index (χ0v) is 16.0. The van der Waals surface area contributed by atoms with Crippen LogP contribution in [0, 0.1) is 5.41 Å². The quantitative estimate of drug-likeness (QED) is 0.820. The molecule has 2 unspecified atom stereocenters. The van der Waals surface area contributed by atoms with Gasteiger partial charge in [-0.15, -0.1) is 0 Å². The standard InChI is InChI=1S/C21H31N3O3/c22-9-14-27-19-15-18(25)21(19)7-12-24(13-8-21)20(26)16-5-1-2-6-17(16)23-10-3-4-11-23/h1-2,5-6,18-19,25H,3-4,7-15,22H2. The summed E-state index contributed by atoms with van der Waals surface area (Å²) in [4.78, 5) is 17.5. The number of ether oxygens (including phenoxy) is 1. The number of rotatable bonds is 5. The molecular weight excluding hydrogens is 342 g/mol. The van der Waals surface area contributed by atoms with Crippen molar-refractivity contribution < 1.29 is 14.6 Å². The molecule has 3 fully saturated rings. The highest BCUT2D eigenvalue weighted by atomic mass is 16.5. The predicted octanol–water partition coefficient (Wildman–Crippen LogP) is 1.62. The number of hydrogen-bond donors (Lipinski definition) is 2. The number of nitrogens with two attached hydrogens (primary N) is 1. The van der Waals surface area contributed by atoms with Crippen LogP contribution in [0.1, 0.15) is 42.5 Å². The number of nitrogens with zero attached hydrogens (tertiary/aromatic N) is 2. The van der Waals surface area contributed by atoms with Crippen molar-refractivity contribution in [2.24, 2.45) is 11.1 Å². The average Bonchev–Trinajstić information content (AvgIpc) is 3.25. The van der Waals surface area contributed by atoms with Crippen molar-refractivity contribution >= 4 is 11.6 Å². The van der Waals surface area contributed by atoms with Crippen LogP contribution < -0.4 is 10.6 Å². The van der Waals surface area contributed by atoms with E-state index in [1.165, 1.54) is 12.8 Å². The predicted molar refractivity (Wildman–Crippen MR) is 105 cm³/mol. The van der Waals surface area contributed by atoms with Crippen LogP contribution in [0.15, 0.2) is 24.3 Å². The Morgan fingerprint density at radius 1 is 1.19 bits per heavy atom. The molecule has 3 N–H and O–H groups in total. The molecule has 0 radical (unpaired) electrons. The molecule has 2 heterocycles. The number of aliphatic hydroxyl groups is 1. The highest BCUT2D eigenvalue weighted by molar-refractivity contribution is 6.00. The molecular formula is C21H31N3O3. The van der Waals surface area contributed by atoms with E-state index in [4.69, 9.17) is 10.5 Å². The van der Waals surface area contributed by atoms with Crippen LogP contribution in [-0.4, -0.2) is 67.5 Å². The second-order valence-electron chi connectivity index (χ2n) is 8.14. The van der Waals surface area contributed by atoms with Crippen molar-refractivity contribution in [2.75, 3.05) is 44.2 Å². The van der Waals surface area contributed by atoms with Gasteiger partial charge in [-0.1, -0.05) is 12.1 Å². The number of anilines is 1. The molecule has 1 aromatic carbocycles.